The molecule has 2 aromatic heterocycles. The quantitative estimate of drug-likeness (QED) is 0.797. The Morgan fingerprint density at radius 2 is 2.27 bits per heavy atom. The van der Waals surface area contributed by atoms with Crippen LogP contribution >= 0.6 is 11.3 Å². The molecule has 0 aromatic carbocycles. The van der Waals surface area contributed by atoms with Crippen LogP contribution in [-0.2, 0) is 6.42 Å². The molecule has 0 aliphatic heterocycles. The maximum Gasteiger partial charge on any atom is 0.198 e. The van der Waals surface area contributed by atoms with Crippen molar-refractivity contribution in [2.45, 2.75) is 32.1 Å². The fourth-order valence-corrected chi connectivity index (χ4v) is 2.29. The van der Waals surface area contributed by atoms with Crippen molar-refractivity contribution in [3.63, 3.8) is 0 Å². The lowest BCUT2D eigenvalue weighted by atomic mass is 10.4. The van der Waals surface area contributed by atoms with Gasteiger partial charge in [0.2, 0.25) is 0 Å². The normalized spacial score (nSPS) is 15.8. The maximum atomic E-state index is 5.69. The number of thiazole rings is 1. The molecule has 1 aliphatic rings. The Bertz CT molecular complexity index is 470. The summed E-state index contributed by atoms with van der Waals surface area (Å²) in [6.07, 6.45) is 7.18. The molecule has 1 fully saturated rings. The van der Waals surface area contributed by atoms with Gasteiger partial charge in [-0.3, -0.25) is 0 Å². The predicted octanol–water partition coefficient (Wildman–Crippen LogP) is 3.24. The van der Waals surface area contributed by atoms with Gasteiger partial charge in [-0.15, -0.1) is 11.3 Å². The molecule has 0 unspecified atom stereocenters. The SMILES string of the molecule is CCc1cnc(-c2cnc(C3CC3)o2)s1. The van der Waals surface area contributed by atoms with Crippen LogP contribution in [0.4, 0.5) is 0 Å². The van der Waals surface area contributed by atoms with E-state index in [0.29, 0.717) is 5.92 Å². The molecule has 4 heteroatoms. The summed E-state index contributed by atoms with van der Waals surface area (Å²) in [4.78, 5) is 9.91. The monoisotopic (exact) mass is 220 g/mol. The van der Waals surface area contributed by atoms with Crippen LogP contribution in [0.5, 0.6) is 0 Å². The first-order valence-electron chi connectivity index (χ1n) is 5.27. The minimum atomic E-state index is 0.573. The van der Waals surface area contributed by atoms with E-state index in [-0.39, 0.29) is 0 Å². The first-order valence-corrected chi connectivity index (χ1v) is 6.09. The van der Waals surface area contributed by atoms with Gasteiger partial charge in [0, 0.05) is 17.0 Å². The van der Waals surface area contributed by atoms with E-state index in [0.717, 1.165) is 23.1 Å². The topological polar surface area (TPSA) is 38.9 Å². The van der Waals surface area contributed by atoms with Crippen molar-refractivity contribution in [3.8, 4) is 10.8 Å². The minimum Gasteiger partial charge on any atom is -0.438 e. The highest BCUT2D eigenvalue weighted by Crippen LogP contribution is 2.40. The van der Waals surface area contributed by atoms with E-state index >= 15 is 0 Å². The smallest absolute Gasteiger partial charge is 0.198 e. The van der Waals surface area contributed by atoms with Gasteiger partial charge in [-0.05, 0) is 19.3 Å². The van der Waals surface area contributed by atoms with Crippen LogP contribution in [0.2, 0.25) is 0 Å². The Balaban J connectivity index is 1.90. The first kappa shape index (κ1) is 9.09. The molecule has 2 heterocycles. The van der Waals surface area contributed by atoms with Crippen molar-refractivity contribution in [3.05, 3.63) is 23.2 Å². The second kappa shape index (κ2) is 3.45. The second-order valence-electron chi connectivity index (χ2n) is 3.82. The summed E-state index contributed by atoms with van der Waals surface area (Å²) in [6, 6.07) is 0. The van der Waals surface area contributed by atoms with Crippen molar-refractivity contribution < 1.29 is 4.42 Å². The summed E-state index contributed by atoms with van der Waals surface area (Å²) in [6.45, 7) is 2.13. The van der Waals surface area contributed by atoms with E-state index < -0.39 is 0 Å². The molecule has 1 aliphatic carbocycles. The van der Waals surface area contributed by atoms with Crippen LogP contribution in [-0.4, -0.2) is 9.97 Å². The average Bonchev–Trinajstić information content (AvgIpc) is 2.84. The van der Waals surface area contributed by atoms with E-state index in [2.05, 4.69) is 16.9 Å². The summed E-state index contributed by atoms with van der Waals surface area (Å²) < 4.78 is 5.69. The Labute approximate surface area is 92.2 Å². The largest absolute Gasteiger partial charge is 0.438 e. The molecular weight excluding hydrogens is 208 g/mol. The zero-order chi connectivity index (χ0) is 10.3. The van der Waals surface area contributed by atoms with Gasteiger partial charge in [-0.2, -0.15) is 0 Å². The van der Waals surface area contributed by atoms with Crippen molar-refractivity contribution in [1.82, 2.24) is 9.97 Å². The van der Waals surface area contributed by atoms with Crippen molar-refractivity contribution in [1.29, 1.82) is 0 Å². The molecule has 0 saturated heterocycles. The van der Waals surface area contributed by atoms with Crippen LogP contribution in [0.25, 0.3) is 10.8 Å². The third kappa shape index (κ3) is 1.69. The van der Waals surface area contributed by atoms with E-state index in [1.165, 1.54) is 17.7 Å². The van der Waals surface area contributed by atoms with Gasteiger partial charge in [0.15, 0.2) is 16.7 Å². The predicted molar refractivity (Wildman–Crippen MR) is 59.0 cm³/mol. The Morgan fingerprint density at radius 3 is 2.93 bits per heavy atom. The van der Waals surface area contributed by atoms with Gasteiger partial charge in [0.25, 0.3) is 0 Å². The Hall–Kier alpha value is -1.16. The van der Waals surface area contributed by atoms with E-state index in [1.54, 1.807) is 17.5 Å². The highest BCUT2D eigenvalue weighted by molar-refractivity contribution is 7.14. The highest BCUT2D eigenvalue weighted by atomic mass is 32.1. The van der Waals surface area contributed by atoms with Gasteiger partial charge in [-0.1, -0.05) is 6.92 Å². The number of hydrogen-bond acceptors (Lipinski definition) is 4. The molecule has 0 bridgehead atoms. The Kier molecular flexibility index (Phi) is 2.09. The lowest BCUT2D eigenvalue weighted by Crippen LogP contribution is -1.73. The molecule has 0 N–H and O–H groups in total. The number of rotatable bonds is 3. The van der Waals surface area contributed by atoms with Crippen LogP contribution in [0.15, 0.2) is 16.8 Å². The summed E-state index contributed by atoms with van der Waals surface area (Å²) in [7, 11) is 0. The molecule has 78 valence electrons. The fraction of sp³-hybridized carbons (Fsp3) is 0.455. The molecular formula is C11H12N2OS. The van der Waals surface area contributed by atoms with Gasteiger partial charge >= 0.3 is 0 Å². The van der Waals surface area contributed by atoms with E-state index in [1.807, 2.05) is 6.20 Å². The van der Waals surface area contributed by atoms with Gasteiger partial charge in [0.1, 0.15) is 0 Å². The molecule has 15 heavy (non-hydrogen) atoms. The zero-order valence-corrected chi connectivity index (χ0v) is 9.38. The number of aromatic nitrogens is 2. The van der Waals surface area contributed by atoms with Crippen LogP contribution in [0.3, 0.4) is 0 Å². The third-order valence-corrected chi connectivity index (χ3v) is 3.72. The van der Waals surface area contributed by atoms with E-state index in [9.17, 15) is 0 Å². The zero-order valence-electron chi connectivity index (χ0n) is 8.56. The summed E-state index contributed by atoms with van der Waals surface area (Å²) in [5, 5.41) is 0.950. The average molecular weight is 220 g/mol. The molecule has 0 radical (unpaired) electrons. The summed E-state index contributed by atoms with van der Waals surface area (Å²) in [5.74, 6) is 2.28. The van der Waals surface area contributed by atoms with Gasteiger partial charge < -0.3 is 4.42 Å². The molecule has 0 spiro atoms. The minimum absolute atomic E-state index is 0.573. The molecule has 1 saturated carbocycles. The fourth-order valence-electron chi connectivity index (χ4n) is 1.49. The van der Waals surface area contributed by atoms with Gasteiger partial charge in [0.05, 0.1) is 6.20 Å². The summed E-state index contributed by atoms with van der Waals surface area (Å²) >= 11 is 1.69. The number of aryl methyl sites for hydroxylation is 1. The molecule has 2 aromatic rings. The highest BCUT2D eigenvalue weighted by Gasteiger charge is 2.28. The lowest BCUT2D eigenvalue weighted by molar-refractivity contribution is 0.509. The number of oxazole rings is 1. The number of nitrogens with zero attached hydrogens (tertiary/aromatic N) is 2. The van der Waals surface area contributed by atoms with Gasteiger partial charge in [-0.25, -0.2) is 9.97 Å². The van der Waals surface area contributed by atoms with Crippen LogP contribution in [0, 0.1) is 0 Å². The third-order valence-electron chi connectivity index (χ3n) is 2.56. The number of hydrogen-bond donors (Lipinski definition) is 0. The lowest BCUT2D eigenvalue weighted by Gasteiger charge is -1.88. The van der Waals surface area contributed by atoms with Crippen molar-refractivity contribution in [2.75, 3.05) is 0 Å². The molecule has 3 rings (SSSR count). The van der Waals surface area contributed by atoms with Crippen molar-refractivity contribution in [2.24, 2.45) is 0 Å². The second-order valence-corrected chi connectivity index (χ2v) is 4.94. The van der Waals surface area contributed by atoms with E-state index in [4.69, 9.17) is 4.42 Å². The van der Waals surface area contributed by atoms with Crippen LogP contribution < -0.4 is 0 Å². The summed E-state index contributed by atoms with van der Waals surface area (Å²) in [5.41, 5.74) is 0. The first-order chi connectivity index (χ1) is 7.36. The maximum absolute atomic E-state index is 5.69. The molecule has 3 nitrogen and oxygen atoms in total. The Morgan fingerprint density at radius 1 is 1.40 bits per heavy atom. The molecule has 0 amide bonds. The van der Waals surface area contributed by atoms with Crippen molar-refractivity contribution >= 4 is 11.3 Å². The van der Waals surface area contributed by atoms with Crippen LogP contribution in [0.1, 0.15) is 36.5 Å². The standard InChI is InChI=1S/C11H12N2OS/c1-2-8-5-13-11(15-8)9-6-12-10(14-9)7-3-4-7/h5-7H,2-4H2,1H3. The molecule has 0 atom stereocenters.